The lowest BCUT2D eigenvalue weighted by atomic mass is 9.89. The molecular weight excluding hydrogens is 502 g/mol. The lowest BCUT2D eigenvalue weighted by Gasteiger charge is -2.17. The van der Waals surface area contributed by atoms with Gasteiger partial charge in [-0.05, 0) is 48.9 Å². The van der Waals surface area contributed by atoms with Crippen LogP contribution in [0, 0.1) is 5.92 Å². The molecule has 1 unspecified atom stereocenters. The molecule has 1 aliphatic carbocycles. The lowest BCUT2D eigenvalue weighted by Crippen LogP contribution is -2.18. The number of anilines is 1. The molecule has 35 heavy (non-hydrogen) atoms. The van der Waals surface area contributed by atoms with E-state index in [0.717, 1.165) is 41.4 Å². The van der Waals surface area contributed by atoms with Crippen LogP contribution in [-0.4, -0.2) is 27.4 Å². The summed E-state index contributed by atoms with van der Waals surface area (Å²) in [6.45, 7) is 2.23. The maximum Gasteiger partial charge on any atom is 0.260 e. The number of nitrogens with one attached hydrogen (secondary N) is 2. The van der Waals surface area contributed by atoms with Crippen LogP contribution < -0.4 is 10.9 Å². The molecule has 0 saturated heterocycles. The molecule has 0 radical (unpaired) electrons. The minimum atomic E-state index is -0.318. The van der Waals surface area contributed by atoms with Crippen LogP contribution >= 0.6 is 34.7 Å². The zero-order valence-electron chi connectivity index (χ0n) is 18.9. The van der Waals surface area contributed by atoms with Crippen molar-refractivity contribution in [2.45, 2.75) is 31.3 Å². The Labute approximate surface area is 215 Å². The number of benzene rings is 2. The average Bonchev–Trinajstić information content (AvgIpc) is 3.21. The number of carbonyl (C=O) groups excluding carboxylic acids is 2. The van der Waals surface area contributed by atoms with Gasteiger partial charge in [-0.25, -0.2) is 4.98 Å². The highest BCUT2D eigenvalue weighted by Crippen LogP contribution is 2.36. The maximum atomic E-state index is 13.0. The number of nitrogens with zero attached hydrogens (tertiary/aromatic N) is 1. The van der Waals surface area contributed by atoms with Crippen LogP contribution in [0.15, 0.2) is 58.5 Å². The molecule has 0 aliphatic heterocycles. The normalized spacial score (nSPS) is 15.1. The van der Waals surface area contributed by atoms with E-state index in [4.69, 9.17) is 11.6 Å². The predicted molar refractivity (Wildman–Crippen MR) is 142 cm³/mol. The SMILES string of the molecule is CC1CCc2c(sc3nc(SCC(=O)Nc4ccc(Cl)cc4C(=O)c4ccccc4)[nH]c(=O)c23)C1. The van der Waals surface area contributed by atoms with E-state index in [1.165, 1.54) is 4.88 Å². The Morgan fingerprint density at radius 1 is 1.23 bits per heavy atom. The van der Waals surface area contributed by atoms with Crippen molar-refractivity contribution in [3.8, 4) is 0 Å². The minimum Gasteiger partial charge on any atom is -0.325 e. The highest BCUT2D eigenvalue weighted by molar-refractivity contribution is 7.99. The van der Waals surface area contributed by atoms with Gasteiger partial charge < -0.3 is 10.3 Å². The van der Waals surface area contributed by atoms with E-state index in [2.05, 4.69) is 22.2 Å². The molecule has 178 valence electrons. The number of aromatic nitrogens is 2. The number of amides is 1. The third-order valence-corrected chi connectivity index (χ3v) is 8.28. The van der Waals surface area contributed by atoms with Gasteiger partial charge in [0.15, 0.2) is 10.9 Å². The van der Waals surface area contributed by atoms with Gasteiger partial charge in [0.25, 0.3) is 5.56 Å². The Kier molecular flexibility index (Phi) is 6.77. The zero-order valence-corrected chi connectivity index (χ0v) is 21.3. The Morgan fingerprint density at radius 3 is 2.83 bits per heavy atom. The van der Waals surface area contributed by atoms with Crippen molar-refractivity contribution in [2.24, 2.45) is 5.92 Å². The van der Waals surface area contributed by atoms with E-state index >= 15 is 0 Å². The second kappa shape index (κ2) is 9.97. The number of carbonyl (C=O) groups is 2. The van der Waals surface area contributed by atoms with Crippen LogP contribution in [0.5, 0.6) is 0 Å². The van der Waals surface area contributed by atoms with Crippen LogP contribution in [0.2, 0.25) is 5.02 Å². The molecule has 9 heteroatoms. The van der Waals surface area contributed by atoms with Crippen LogP contribution in [0.1, 0.15) is 39.7 Å². The smallest absolute Gasteiger partial charge is 0.260 e. The van der Waals surface area contributed by atoms with E-state index in [0.29, 0.717) is 38.3 Å². The number of ketones is 1. The molecule has 1 atom stereocenters. The van der Waals surface area contributed by atoms with Crippen molar-refractivity contribution < 1.29 is 9.59 Å². The van der Waals surface area contributed by atoms with Gasteiger partial charge in [0.1, 0.15) is 4.83 Å². The Hall–Kier alpha value is -2.94. The number of hydrogen-bond donors (Lipinski definition) is 2. The van der Waals surface area contributed by atoms with Crippen molar-refractivity contribution in [1.82, 2.24) is 9.97 Å². The number of thioether (sulfide) groups is 1. The van der Waals surface area contributed by atoms with E-state index in [1.54, 1.807) is 53.8 Å². The second-order valence-corrected chi connectivity index (χ2v) is 11.1. The summed E-state index contributed by atoms with van der Waals surface area (Å²) in [6, 6.07) is 13.6. The van der Waals surface area contributed by atoms with E-state index in [9.17, 15) is 14.4 Å². The molecule has 2 N–H and O–H groups in total. The first kappa shape index (κ1) is 23.8. The van der Waals surface area contributed by atoms with E-state index in [-0.39, 0.29) is 23.0 Å². The molecule has 5 rings (SSSR count). The standard InChI is InChI=1S/C26H22ClN3O3S2/c1-14-7-9-17-20(11-14)35-25-22(17)24(33)29-26(30-25)34-13-21(31)28-19-10-8-16(27)12-18(19)23(32)15-5-3-2-4-6-15/h2-6,8,10,12,14H,7,9,11,13H2,1H3,(H,28,31)(H,29,30,33). The maximum absolute atomic E-state index is 13.0. The number of rotatable bonds is 6. The molecule has 6 nitrogen and oxygen atoms in total. The molecule has 1 aliphatic rings. The summed E-state index contributed by atoms with van der Waals surface area (Å²) >= 11 is 8.86. The summed E-state index contributed by atoms with van der Waals surface area (Å²) in [4.78, 5) is 47.9. The van der Waals surface area contributed by atoms with E-state index < -0.39 is 0 Å². The fourth-order valence-corrected chi connectivity index (χ4v) is 6.55. The Balaban J connectivity index is 1.32. The van der Waals surface area contributed by atoms with Crippen molar-refractivity contribution in [3.63, 3.8) is 0 Å². The number of H-pyrrole nitrogens is 1. The first-order valence-corrected chi connectivity index (χ1v) is 13.4. The van der Waals surface area contributed by atoms with Crippen LogP contribution in [0.4, 0.5) is 5.69 Å². The molecule has 1 amide bonds. The quantitative estimate of drug-likeness (QED) is 0.191. The van der Waals surface area contributed by atoms with Crippen LogP contribution in [-0.2, 0) is 17.6 Å². The van der Waals surface area contributed by atoms with Gasteiger partial charge in [-0.3, -0.25) is 14.4 Å². The average molecular weight is 524 g/mol. The predicted octanol–water partition coefficient (Wildman–Crippen LogP) is 5.72. The van der Waals surface area contributed by atoms with E-state index in [1.807, 2.05) is 6.07 Å². The monoisotopic (exact) mass is 523 g/mol. The van der Waals surface area contributed by atoms with Crippen molar-refractivity contribution in [1.29, 1.82) is 0 Å². The molecular formula is C26H22ClN3O3S2. The molecule has 0 bridgehead atoms. The van der Waals surface area contributed by atoms with Crippen molar-refractivity contribution in [3.05, 3.63) is 85.5 Å². The third-order valence-electron chi connectivity index (χ3n) is 6.02. The number of aryl methyl sites for hydroxylation is 1. The molecule has 2 heterocycles. The summed E-state index contributed by atoms with van der Waals surface area (Å²) in [6.07, 6.45) is 2.96. The van der Waals surface area contributed by atoms with Crippen molar-refractivity contribution in [2.75, 3.05) is 11.1 Å². The Bertz CT molecular complexity index is 1500. The molecule has 0 fully saturated rings. The van der Waals surface area contributed by atoms with Crippen LogP contribution in [0.25, 0.3) is 10.2 Å². The van der Waals surface area contributed by atoms with Gasteiger partial charge in [-0.2, -0.15) is 0 Å². The molecule has 2 aromatic carbocycles. The van der Waals surface area contributed by atoms with Crippen LogP contribution in [0.3, 0.4) is 0 Å². The van der Waals surface area contributed by atoms with Gasteiger partial charge in [-0.15, -0.1) is 11.3 Å². The van der Waals surface area contributed by atoms with Gasteiger partial charge in [-0.1, -0.05) is 60.6 Å². The Morgan fingerprint density at radius 2 is 2.03 bits per heavy atom. The summed E-state index contributed by atoms with van der Waals surface area (Å²) < 4.78 is 0. The summed E-state index contributed by atoms with van der Waals surface area (Å²) in [5.74, 6) is 0.0849. The summed E-state index contributed by atoms with van der Waals surface area (Å²) in [5.41, 5.74) is 2.17. The molecule has 0 spiro atoms. The highest BCUT2D eigenvalue weighted by Gasteiger charge is 2.23. The highest BCUT2D eigenvalue weighted by atomic mass is 35.5. The fourth-order valence-electron chi connectivity index (χ4n) is 4.28. The first-order valence-electron chi connectivity index (χ1n) is 11.3. The number of aromatic amines is 1. The fraction of sp³-hybridized carbons (Fsp3) is 0.231. The van der Waals surface area contributed by atoms with Gasteiger partial charge in [0.05, 0.1) is 16.8 Å². The number of thiophene rings is 1. The molecule has 0 saturated carbocycles. The molecule has 4 aromatic rings. The molecule has 2 aromatic heterocycles. The number of hydrogen-bond acceptors (Lipinski definition) is 6. The lowest BCUT2D eigenvalue weighted by molar-refractivity contribution is -0.113. The van der Waals surface area contributed by atoms with Gasteiger partial charge >= 0.3 is 0 Å². The summed E-state index contributed by atoms with van der Waals surface area (Å²) in [5, 5.41) is 4.30. The van der Waals surface area contributed by atoms with Gasteiger partial charge in [0, 0.05) is 21.0 Å². The minimum absolute atomic E-state index is 0.0260. The largest absolute Gasteiger partial charge is 0.325 e. The summed E-state index contributed by atoms with van der Waals surface area (Å²) in [7, 11) is 0. The number of halogens is 1. The topological polar surface area (TPSA) is 91.9 Å². The second-order valence-electron chi connectivity index (χ2n) is 8.62. The first-order chi connectivity index (χ1) is 16.9. The van der Waals surface area contributed by atoms with Crippen molar-refractivity contribution >= 4 is 62.3 Å². The number of fused-ring (bicyclic) bond motifs is 3. The van der Waals surface area contributed by atoms with Gasteiger partial charge in [0.2, 0.25) is 5.91 Å². The zero-order chi connectivity index (χ0) is 24.5. The third kappa shape index (κ3) is 5.05.